The van der Waals surface area contributed by atoms with Crippen LogP contribution in [0.3, 0.4) is 0 Å². The van der Waals surface area contributed by atoms with Crippen LogP contribution in [-0.2, 0) is 6.54 Å². The summed E-state index contributed by atoms with van der Waals surface area (Å²) in [4.78, 5) is 0. The van der Waals surface area contributed by atoms with Gasteiger partial charge in [0.15, 0.2) is 0 Å². The molecule has 1 aliphatic rings. The Bertz CT molecular complexity index is 385. The van der Waals surface area contributed by atoms with Gasteiger partial charge in [0.25, 0.3) is 0 Å². The van der Waals surface area contributed by atoms with E-state index in [4.69, 9.17) is 5.10 Å². The standard InChI is InChI=1S/C15H27N3/c1-5-14(16-4)15-11(2)17-18(12(15)3)10-13-8-6-7-9-13/h13-14,16H,5-10H2,1-4H3. The first-order chi connectivity index (χ1) is 8.67. The minimum absolute atomic E-state index is 0.447. The van der Waals surface area contributed by atoms with Crippen molar-refractivity contribution in [2.45, 2.75) is 65.5 Å². The van der Waals surface area contributed by atoms with Crippen molar-refractivity contribution in [2.75, 3.05) is 7.05 Å². The Morgan fingerprint density at radius 1 is 1.33 bits per heavy atom. The molecule has 1 aromatic rings. The lowest BCUT2D eigenvalue weighted by Crippen LogP contribution is -2.17. The normalized spacial score (nSPS) is 18.4. The number of aryl methyl sites for hydroxylation is 1. The molecule has 18 heavy (non-hydrogen) atoms. The van der Waals surface area contributed by atoms with E-state index in [-0.39, 0.29) is 0 Å². The summed E-state index contributed by atoms with van der Waals surface area (Å²) >= 11 is 0. The first kappa shape index (κ1) is 13.6. The lowest BCUT2D eigenvalue weighted by molar-refractivity contribution is 0.421. The maximum atomic E-state index is 4.77. The predicted octanol–water partition coefficient (Wildman–Crippen LogP) is 3.36. The highest BCUT2D eigenvalue weighted by Crippen LogP contribution is 2.29. The molecule has 0 saturated heterocycles. The van der Waals surface area contributed by atoms with Gasteiger partial charge >= 0.3 is 0 Å². The van der Waals surface area contributed by atoms with E-state index in [1.165, 1.54) is 42.6 Å². The van der Waals surface area contributed by atoms with Crippen LogP contribution in [0.4, 0.5) is 0 Å². The molecule has 1 fully saturated rings. The Hall–Kier alpha value is -0.830. The second kappa shape index (κ2) is 5.87. The molecule has 1 saturated carbocycles. The van der Waals surface area contributed by atoms with Crippen molar-refractivity contribution >= 4 is 0 Å². The van der Waals surface area contributed by atoms with Crippen LogP contribution in [0.15, 0.2) is 0 Å². The van der Waals surface area contributed by atoms with E-state index < -0.39 is 0 Å². The predicted molar refractivity (Wildman–Crippen MR) is 75.8 cm³/mol. The van der Waals surface area contributed by atoms with Crippen LogP contribution in [0.1, 0.15) is 62.0 Å². The Morgan fingerprint density at radius 3 is 2.56 bits per heavy atom. The summed E-state index contributed by atoms with van der Waals surface area (Å²) in [6.07, 6.45) is 6.71. The molecule has 3 nitrogen and oxygen atoms in total. The molecule has 0 amide bonds. The van der Waals surface area contributed by atoms with Crippen LogP contribution < -0.4 is 5.32 Å². The maximum Gasteiger partial charge on any atom is 0.0644 e. The summed E-state index contributed by atoms with van der Waals surface area (Å²) in [5, 5.41) is 8.17. The van der Waals surface area contributed by atoms with Crippen molar-refractivity contribution in [1.29, 1.82) is 0 Å². The highest BCUT2D eigenvalue weighted by Gasteiger charge is 2.21. The molecule has 3 heteroatoms. The fourth-order valence-corrected chi connectivity index (χ4v) is 3.38. The Kier molecular flexibility index (Phi) is 4.44. The van der Waals surface area contributed by atoms with Crippen LogP contribution in [0, 0.1) is 19.8 Å². The molecule has 1 aromatic heterocycles. The molecule has 1 heterocycles. The average molecular weight is 249 g/mol. The van der Waals surface area contributed by atoms with Crippen LogP contribution in [0.5, 0.6) is 0 Å². The van der Waals surface area contributed by atoms with Gasteiger partial charge < -0.3 is 5.32 Å². The molecule has 2 rings (SSSR count). The average Bonchev–Trinajstić information content (AvgIpc) is 2.94. The highest BCUT2D eigenvalue weighted by molar-refractivity contribution is 5.28. The fourth-order valence-electron chi connectivity index (χ4n) is 3.38. The minimum atomic E-state index is 0.447. The van der Waals surface area contributed by atoms with Crippen molar-refractivity contribution in [2.24, 2.45) is 5.92 Å². The van der Waals surface area contributed by atoms with Crippen LogP contribution in [-0.4, -0.2) is 16.8 Å². The topological polar surface area (TPSA) is 29.9 Å². The van der Waals surface area contributed by atoms with Gasteiger partial charge in [-0.05, 0) is 46.1 Å². The van der Waals surface area contributed by atoms with Gasteiger partial charge in [0.05, 0.1) is 5.69 Å². The monoisotopic (exact) mass is 249 g/mol. The van der Waals surface area contributed by atoms with Crippen molar-refractivity contribution in [3.63, 3.8) is 0 Å². The summed E-state index contributed by atoms with van der Waals surface area (Å²) in [5.41, 5.74) is 3.98. The summed E-state index contributed by atoms with van der Waals surface area (Å²) in [5.74, 6) is 0.852. The molecule has 0 aliphatic heterocycles. The van der Waals surface area contributed by atoms with E-state index in [1.54, 1.807) is 0 Å². The summed E-state index contributed by atoms with van der Waals surface area (Å²) in [7, 11) is 2.04. The summed E-state index contributed by atoms with van der Waals surface area (Å²) < 4.78 is 2.25. The van der Waals surface area contributed by atoms with Crippen molar-refractivity contribution in [3.8, 4) is 0 Å². The molecule has 102 valence electrons. The fraction of sp³-hybridized carbons (Fsp3) is 0.800. The SMILES string of the molecule is CCC(NC)c1c(C)nn(CC2CCCC2)c1C. The van der Waals surface area contributed by atoms with E-state index in [9.17, 15) is 0 Å². The summed E-state index contributed by atoms with van der Waals surface area (Å²) in [6, 6.07) is 0.447. The van der Waals surface area contributed by atoms with E-state index in [2.05, 4.69) is 30.8 Å². The van der Waals surface area contributed by atoms with E-state index in [0.29, 0.717) is 6.04 Å². The lowest BCUT2D eigenvalue weighted by Gasteiger charge is -2.15. The zero-order chi connectivity index (χ0) is 13.1. The molecule has 0 bridgehead atoms. The molecular formula is C15H27N3. The molecule has 1 aliphatic carbocycles. The third kappa shape index (κ3) is 2.61. The van der Waals surface area contributed by atoms with Gasteiger partial charge in [-0.2, -0.15) is 5.10 Å². The highest BCUT2D eigenvalue weighted by atomic mass is 15.3. The second-order valence-corrected chi connectivity index (χ2v) is 5.67. The van der Waals surface area contributed by atoms with Crippen molar-refractivity contribution in [1.82, 2.24) is 15.1 Å². The molecule has 0 radical (unpaired) electrons. The molecule has 0 spiro atoms. The van der Waals surface area contributed by atoms with E-state index in [1.807, 2.05) is 7.05 Å². The lowest BCUT2D eigenvalue weighted by atomic mass is 10.0. The van der Waals surface area contributed by atoms with Gasteiger partial charge in [0.2, 0.25) is 0 Å². The Balaban J connectivity index is 2.19. The van der Waals surface area contributed by atoms with Gasteiger partial charge in [0, 0.05) is 23.8 Å². The number of hydrogen-bond acceptors (Lipinski definition) is 2. The quantitative estimate of drug-likeness (QED) is 0.867. The van der Waals surface area contributed by atoms with E-state index >= 15 is 0 Å². The molecular weight excluding hydrogens is 222 g/mol. The second-order valence-electron chi connectivity index (χ2n) is 5.67. The molecule has 1 N–H and O–H groups in total. The molecule has 1 atom stereocenters. The minimum Gasteiger partial charge on any atom is -0.313 e. The maximum absolute atomic E-state index is 4.77. The van der Waals surface area contributed by atoms with Gasteiger partial charge in [0.1, 0.15) is 0 Å². The van der Waals surface area contributed by atoms with Gasteiger partial charge in [-0.3, -0.25) is 4.68 Å². The van der Waals surface area contributed by atoms with Crippen molar-refractivity contribution < 1.29 is 0 Å². The zero-order valence-electron chi connectivity index (χ0n) is 12.3. The Morgan fingerprint density at radius 2 is 2.00 bits per heavy atom. The van der Waals surface area contributed by atoms with E-state index in [0.717, 1.165) is 18.9 Å². The molecule has 1 unspecified atom stereocenters. The Labute approximate surface area is 111 Å². The number of nitrogens with zero attached hydrogens (tertiary/aromatic N) is 2. The number of nitrogens with one attached hydrogen (secondary N) is 1. The summed E-state index contributed by atoms with van der Waals surface area (Å²) in [6.45, 7) is 7.72. The van der Waals surface area contributed by atoms with Crippen LogP contribution >= 0.6 is 0 Å². The molecule has 0 aromatic carbocycles. The van der Waals surface area contributed by atoms with Gasteiger partial charge in [-0.25, -0.2) is 0 Å². The van der Waals surface area contributed by atoms with Crippen molar-refractivity contribution in [3.05, 3.63) is 17.0 Å². The van der Waals surface area contributed by atoms with Gasteiger partial charge in [-0.15, -0.1) is 0 Å². The first-order valence-corrected chi connectivity index (χ1v) is 7.38. The third-order valence-corrected chi connectivity index (χ3v) is 4.45. The third-order valence-electron chi connectivity index (χ3n) is 4.45. The first-order valence-electron chi connectivity index (χ1n) is 7.38. The number of rotatable bonds is 5. The smallest absolute Gasteiger partial charge is 0.0644 e. The number of hydrogen-bond donors (Lipinski definition) is 1. The van der Waals surface area contributed by atoms with Gasteiger partial charge in [-0.1, -0.05) is 19.8 Å². The van der Waals surface area contributed by atoms with Crippen LogP contribution in [0.25, 0.3) is 0 Å². The number of aromatic nitrogens is 2. The zero-order valence-corrected chi connectivity index (χ0v) is 12.3. The largest absolute Gasteiger partial charge is 0.313 e. The van der Waals surface area contributed by atoms with Crippen LogP contribution in [0.2, 0.25) is 0 Å².